The summed E-state index contributed by atoms with van der Waals surface area (Å²) >= 11 is 0. The van der Waals surface area contributed by atoms with Crippen molar-refractivity contribution in [1.82, 2.24) is 0 Å². The van der Waals surface area contributed by atoms with Crippen molar-refractivity contribution in [1.29, 1.82) is 0 Å². The third-order valence-corrected chi connectivity index (χ3v) is 12.8. The van der Waals surface area contributed by atoms with Gasteiger partial charge in [0.15, 0.2) is 0 Å². The molecule has 0 saturated carbocycles. The summed E-state index contributed by atoms with van der Waals surface area (Å²) in [5.74, 6) is 0. The molecule has 0 spiro atoms. The highest BCUT2D eigenvalue weighted by Crippen LogP contribution is 1.93. The quantitative estimate of drug-likeness (QED) is 0.541. The molecule has 0 bridgehead atoms. The number of hydrogen-bond donors (Lipinski definition) is 0. The highest BCUT2D eigenvalue weighted by atomic mass is 29.5. The fourth-order valence-corrected chi connectivity index (χ4v) is 10.3. The van der Waals surface area contributed by atoms with Gasteiger partial charge in [-0.3, -0.25) is 0 Å². The largest absolute Gasteiger partial charge is 0.0761 e. The first kappa shape index (κ1) is 8.65. The Morgan fingerprint density at radius 2 is 1.75 bits per heavy atom. The minimum absolute atomic E-state index is 0.166. The second-order valence-corrected chi connectivity index (χ2v) is 11.7. The molecule has 0 fully saturated rings. The molecule has 0 saturated heterocycles. The Kier molecular flexibility index (Phi) is 6.25. The predicted molar refractivity (Wildman–Crippen MR) is 44.1 cm³/mol. The lowest BCUT2D eigenvalue weighted by Gasteiger charge is -2.04. The van der Waals surface area contributed by atoms with Crippen molar-refractivity contribution in [3.63, 3.8) is 0 Å². The van der Waals surface area contributed by atoms with E-state index in [2.05, 4.69) is 20.4 Å². The molecule has 0 aliphatic heterocycles. The van der Waals surface area contributed by atoms with Crippen LogP contribution in [-0.4, -0.2) is 25.9 Å². The lowest BCUT2D eigenvalue weighted by atomic mass is 11.0. The zero-order valence-corrected chi connectivity index (χ0v) is 8.91. The van der Waals surface area contributed by atoms with E-state index in [1.807, 2.05) is 0 Å². The SMILES string of the molecule is CC[Si](CC)[Si][Si]C. The minimum Gasteiger partial charge on any atom is -0.0761 e. The monoisotopic (exact) mass is 157 g/mol. The van der Waals surface area contributed by atoms with Crippen LogP contribution in [0.1, 0.15) is 13.8 Å². The van der Waals surface area contributed by atoms with Crippen LogP contribution in [0.2, 0.25) is 18.6 Å². The molecular weight excluding hydrogens is 144 g/mol. The van der Waals surface area contributed by atoms with E-state index in [-0.39, 0.29) is 8.31 Å². The molecule has 0 rings (SSSR count). The van der Waals surface area contributed by atoms with Crippen molar-refractivity contribution in [2.45, 2.75) is 32.5 Å². The van der Waals surface area contributed by atoms with Crippen LogP contribution in [0.4, 0.5) is 0 Å². The lowest BCUT2D eigenvalue weighted by Crippen LogP contribution is -2.23. The van der Waals surface area contributed by atoms with Gasteiger partial charge >= 0.3 is 0 Å². The van der Waals surface area contributed by atoms with Gasteiger partial charge < -0.3 is 0 Å². The van der Waals surface area contributed by atoms with E-state index in [1.165, 1.54) is 29.7 Å². The molecule has 0 aromatic rings. The summed E-state index contributed by atoms with van der Waals surface area (Å²) in [6.07, 6.45) is 0. The molecule has 3 heteroatoms. The lowest BCUT2D eigenvalue weighted by molar-refractivity contribution is 1.35. The van der Waals surface area contributed by atoms with E-state index in [4.69, 9.17) is 0 Å². The average Bonchev–Trinajstić information content (AvgIpc) is 1.83. The topological polar surface area (TPSA) is 0 Å². The fourth-order valence-electron chi connectivity index (χ4n) is 0.604. The first-order valence-electron chi connectivity index (χ1n) is 3.12. The molecule has 0 aromatic heterocycles. The van der Waals surface area contributed by atoms with Gasteiger partial charge in [0.1, 0.15) is 0 Å². The van der Waals surface area contributed by atoms with Crippen molar-refractivity contribution >= 4 is 25.9 Å². The van der Waals surface area contributed by atoms with Crippen molar-refractivity contribution in [2.24, 2.45) is 0 Å². The molecule has 5 radical (unpaired) electrons. The average molecular weight is 157 g/mol. The van der Waals surface area contributed by atoms with Crippen LogP contribution in [-0.2, 0) is 0 Å². The third kappa shape index (κ3) is 3.63. The van der Waals surface area contributed by atoms with E-state index in [9.17, 15) is 0 Å². The number of rotatable bonds is 4. The Hall–Kier alpha value is 0.651. The second kappa shape index (κ2) is 5.78. The molecular formula is C5H13Si3. The van der Waals surface area contributed by atoms with E-state index >= 15 is 0 Å². The van der Waals surface area contributed by atoms with Crippen LogP contribution in [0.25, 0.3) is 0 Å². The van der Waals surface area contributed by atoms with Gasteiger partial charge in [-0.25, -0.2) is 0 Å². The summed E-state index contributed by atoms with van der Waals surface area (Å²) in [5, 5.41) is 0. The predicted octanol–water partition coefficient (Wildman–Crippen LogP) is 1.39. The van der Waals surface area contributed by atoms with Crippen molar-refractivity contribution in [3.8, 4) is 0 Å². The molecule has 0 aromatic carbocycles. The molecule has 8 heavy (non-hydrogen) atoms. The van der Waals surface area contributed by atoms with Crippen LogP contribution in [0.5, 0.6) is 0 Å². The van der Waals surface area contributed by atoms with Crippen molar-refractivity contribution in [3.05, 3.63) is 0 Å². The molecule has 45 valence electrons. The van der Waals surface area contributed by atoms with E-state index in [0.717, 1.165) is 0 Å². The third-order valence-electron chi connectivity index (χ3n) is 1.16. The standard InChI is InChI=1S/C5H13Si3/c1-4-8(5-2)7-6-3/h4-5H2,1-3H3. The van der Waals surface area contributed by atoms with Gasteiger partial charge in [0, 0.05) is 25.9 Å². The molecule has 0 heterocycles. The van der Waals surface area contributed by atoms with Crippen LogP contribution >= 0.6 is 0 Å². The van der Waals surface area contributed by atoms with Crippen LogP contribution < -0.4 is 0 Å². The van der Waals surface area contributed by atoms with Gasteiger partial charge in [-0.2, -0.15) is 0 Å². The first-order chi connectivity index (χ1) is 3.85. The fraction of sp³-hybridized carbons (Fsp3) is 1.00. The molecule has 0 aliphatic rings. The van der Waals surface area contributed by atoms with Gasteiger partial charge in [-0.05, 0) is 0 Å². The Morgan fingerprint density at radius 3 is 1.88 bits per heavy atom. The van der Waals surface area contributed by atoms with E-state index in [1.54, 1.807) is 0 Å². The second-order valence-electron chi connectivity index (χ2n) is 1.69. The summed E-state index contributed by atoms with van der Waals surface area (Å²) in [5.41, 5.74) is 0. The van der Waals surface area contributed by atoms with E-state index < -0.39 is 0 Å². The number of hydrogen-bond acceptors (Lipinski definition) is 0. The highest BCUT2D eigenvalue weighted by Gasteiger charge is 2.02. The summed E-state index contributed by atoms with van der Waals surface area (Å²) in [6, 6.07) is 2.97. The van der Waals surface area contributed by atoms with Gasteiger partial charge in [-0.1, -0.05) is 32.5 Å². The van der Waals surface area contributed by atoms with Gasteiger partial charge in [0.25, 0.3) is 0 Å². The summed E-state index contributed by atoms with van der Waals surface area (Å²) in [6.45, 7) is 7.00. The summed E-state index contributed by atoms with van der Waals surface area (Å²) in [4.78, 5) is 0. The maximum absolute atomic E-state index is 2.34. The van der Waals surface area contributed by atoms with Crippen molar-refractivity contribution < 1.29 is 0 Å². The van der Waals surface area contributed by atoms with Gasteiger partial charge in [-0.15, -0.1) is 0 Å². The molecule has 0 atom stereocenters. The molecule has 0 N–H and O–H groups in total. The Morgan fingerprint density at radius 1 is 1.25 bits per heavy atom. The molecule has 0 nitrogen and oxygen atoms in total. The smallest absolute Gasteiger partial charge is 0.0301 e. The zero-order valence-electron chi connectivity index (χ0n) is 5.91. The van der Waals surface area contributed by atoms with Crippen LogP contribution in [0.15, 0.2) is 0 Å². The Bertz CT molecular complexity index is 42.9. The minimum atomic E-state index is 0.166. The van der Waals surface area contributed by atoms with Gasteiger partial charge in [0.2, 0.25) is 0 Å². The maximum Gasteiger partial charge on any atom is 0.0301 e. The summed E-state index contributed by atoms with van der Waals surface area (Å²) < 4.78 is 0. The summed E-state index contributed by atoms with van der Waals surface area (Å²) in [7, 11) is 2.73. The Labute approximate surface area is 58.9 Å². The van der Waals surface area contributed by atoms with Crippen molar-refractivity contribution in [2.75, 3.05) is 0 Å². The normalized spacial score (nSPS) is 10.5. The Balaban J connectivity index is 3.07. The van der Waals surface area contributed by atoms with Crippen LogP contribution in [0.3, 0.4) is 0 Å². The maximum atomic E-state index is 2.34. The highest BCUT2D eigenvalue weighted by molar-refractivity contribution is 7.35. The molecule has 0 unspecified atom stereocenters. The first-order valence-corrected chi connectivity index (χ1v) is 9.54. The molecule has 0 aliphatic carbocycles. The van der Waals surface area contributed by atoms with E-state index in [0.29, 0.717) is 0 Å². The molecule has 0 amide bonds. The van der Waals surface area contributed by atoms with Crippen LogP contribution in [0, 0.1) is 0 Å². The zero-order chi connectivity index (χ0) is 6.41. The van der Waals surface area contributed by atoms with Gasteiger partial charge in [0.05, 0.1) is 0 Å².